The SMILES string of the molecule is Cc1cccc(Nc2cc(N)nc(-n3c(C)nc4ccc(F)cc43)n2)c1. The van der Waals surface area contributed by atoms with Crippen molar-refractivity contribution in [3.05, 3.63) is 65.7 Å². The molecule has 0 aliphatic carbocycles. The molecule has 2 heterocycles. The molecule has 2 aromatic carbocycles. The molecule has 2 aromatic heterocycles. The van der Waals surface area contributed by atoms with Crippen LogP contribution in [0.25, 0.3) is 17.0 Å². The molecule has 4 rings (SSSR count). The van der Waals surface area contributed by atoms with Gasteiger partial charge in [0.15, 0.2) is 0 Å². The Bertz CT molecular complexity index is 1120. The van der Waals surface area contributed by atoms with Crippen LogP contribution in [0.15, 0.2) is 48.5 Å². The third kappa shape index (κ3) is 2.95. The summed E-state index contributed by atoms with van der Waals surface area (Å²) >= 11 is 0. The predicted molar refractivity (Wildman–Crippen MR) is 100 cm³/mol. The number of fused-ring (bicyclic) bond motifs is 1. The molecule has 0 saturated heterocycles. The van der Waals surface area contributed by atoms with Gasteiger partial charge in [0.25, 0.3) is 0 Å². The average molecular weight is 348 g/mol. The van der Waals surface area contributed by atoms with Gasteiger partial charge in [0, 0.05) is 17.8 Å². The van der Waals surface area contributed by atoms with Crippen molar-refractivity contribution in [1.29, 1.82) is 0 Å². The molecular formula is C19H17FN6. The summed E-state index contributed by atoms with van der Waals surface area (Å²) < 4.78 is 15.4. The molecule has 0 aliphatic heterocycles. The Balaban J connectivity index is 1.82. The minimum atomic E-state index is -0.347. The van der Waals surface area contributed by atoms with E-state index < -0.39 is 0 Å². The molecular weight excluding hydrogens is 331 g/mol. The summed E-state index contributed by atoms with van der Waals surface area (Å²) in [6.07, 6.45) is 0. The Kier molecular flexibility index (Phi) is 3.76. The minimum absolute atomic E-state index is 0.308. The van der Waals surface area contributed by atoms with E-state index in [-0.39, 0.29) is 5.82 Å². The van der Waals surface area contributed by atoms with E-state index in [1.165, 1.54) is 12.1 Å². The quantitative estimate of drug-likeness (QED) is 0.587. The molecule has 4 aromatic rings. The van der Waals surface area contributed by atoms with E-state index >= 15 is 0 Å². The Morgan fingerprint density at radius 2 is 1.85 bits per heavy atom. The maximum Gasteiger partial charge on any atom is 0.239 e. The second-order valence-corrected chi connectivity index (χ2v) is 6.10. The van der Waals surface area contributed by atoms with Gasteiger partial charge in [-0.1, -0.05) is 12.1 Å². The number of nitrogen functional groups attached to an aromatic ring is 1. The topological polar surface area (TPSA) is 81.6 Å². The maximum atomic E-state index is 13.7. The van der Waals surface area contributed by atoms with Crippen LogP contribution < -0.4 is 11.1 Å². The third-order valence-corrected chi connectivity index (χ3v) is 4.01. The van der Waals surface area contributed by atoms with Gasteiger partial charge in [-0.2, -0.15) is 9.97 Å². The van der Waals surface area contributed by atoms with E-state index in [1.807, 2.05) is 38.1 Å². The van der Waals surface area contributed by atoms with Gasteiger partial charge in [-0.15, -0.1) is 0 Å². The van der Waals surface area contributed by atoms with Crippen molar-refractivity contribution in [2.45, 2.75) is 13.8 Å². The van der Waals surface area contributed by atoms with Crippen LogP contribution >= 0.6 is 0 Å². The Hall–Kier alpha value is -3.48. The van der Waals surface area contributed by atoms with Crippen LogP contribution in [0.2, 0.25) is 0 Å². The zero-order valence-electron chi connectivity index (χ0n) is 14.4. The van der Waals surface area contributed by atoms with Crippen molar-refractivity contribution in [2.24, 2.45) is 0 Å². The first kappa shape index (κ1) is 16.0. The van der Waals surface area contributed by atoms with Crippen molar-refractivity contribution in [3.8, 4) is 5.95 Å². The zero-order chi connectivity index (χ0) is 18.3. The number of nitrogens with two attached hydrogens (primary N) is 1. The normalized spacial score (nSPS) is 11.0. The van der Waals surface area contributed by atoms with E-state index in [1.54, 1.807) is 16.7 Å². The highest BCUT2D eigenvalue weighted by molar-refractivity contribution is 5.78. The van der Waals surface area contributed by atoms with Crippen LogP contribution in [-0.4, -0.2) is 19.5 Å². The average Bonchev–Trinajstić information content (AvgIpc) is 2.89. The first-order valence-corrected chi connectivity index (χ1v) is 8.13. The van der Waals surface area contributed by atoms with Gasteiger partial charge in [-0.25, -0.2) is 9.37 Å². The smallest absolute Gasteiger partial charge is 0.239 e. The van der Waals surface area contributed by atoms with Crippen molar-refractivity contribution in [1.82, 2.24) is 19.5 Å². The summed E-state index contributed by atoms with van der Waals surface area (Å²) in [7, 11) is 0. The Morgan fingerprint density at radius 1 is 1.00 bits per heavy atom. The highest BCUT2D eigenvalue weighted by atomic mass is 19.1. The molecule has 0 fully saturated rings. The summed E-state index contributed by atoms with van der Waals surface area (Å²) in [6, 6.07) is 14.0. The van der Waals surface area contributed by atoms with Gasteiger partial charge in [0.1, 0.15) is 23.3 Å². The van der Waals surface area contributed by atoms with Crippen molar-refractivity contribution < 1.29 is 4.39 Å². The van der Waals surface area contributed by atoms with E-state index in [2.05, 4.69) is 20.3 Å². The molecule has 0 amide bonds. The van der Waals surface area contributed by atoms with Crippen LogP contribution in [0.5, 0.6) is 0 Å². The number of aromatic nitrogens is 4. The van der Waals surface area contributed by atoms with Crippen molar-refractivity contribution in [2.75, 3.05) is 11.1 Å². The number of hydrogen-bond donors (Lipinski definition) is 2. The molecule has 3 N–H and O–H groups in total. The van der Waals surface area contributed by atoms with Crippen LogP contribution in [0.1, 0.15) is 11.4 Å². The maximum absolute atomic E-state index is 13.7. The predicted octanol–water partition coefficient (Wildman–Crippen LogP) is 3.90. The summed E-state index contributed by atoms with van der Waals surface area (Å²) in [5.41, 5.74) is 9.26. The molecule has 0 radical (unpaired) electrons. The number of hydrogen-bond acceptors (Lipinski definition) is 5. The first-order chi connectivity index (χ1) is 12.5. The molecule has 0 saturated carbocycles. The minimum Gasteiger partial charge on any atom is -0.383 e. The fraction of sp³-hybridized carbons (Fsp3) is 0.105. The van der Waals surface area contributed by atoms with Crippen LogP contribution in [0, 0.1) is 19.7 Å². The lowest BCUT2D eigenvalue weighted by Crippen LogP contribution is -2.07. The third-order valence-electron chi connectivity index (χ3n) is 4.01. The largest absolute Gasteiger partial charge is 0.383 e. The van der Waals surface area contributed by atoms with Crippen LogP contribution in [-0.2, 0) is 0 Å². The second-order valence-electron chi connectivity index (χ2n) is 6.10. The van der Waals surface area contributed by atoms with E-state index in [9.17, 15) is 4.39 Å². The lowest BCUT2D eigenvalue weighted by atomic mass is 10.2. The van der Waals surface area contributed by atoms with Gasteiger partial charge in [-0.3, -0.25) is 4.57 Å². The number of nitrogens with zero attached hydrogens (tertiary/aromatic N) is 4. The number of anilines is 3. The first-order valence-electron chi connectivity index (χ1n) is 8.13. The second kappa shape index (κ2) is 6.11. The molecule has 6 nitrogen and oxygen atoms in total. The number of rotatable bonds is 3. The van der Waals surface area contributed by atoms with Gasteiger partial charge in [0.2, 0.25) is 5.95 Å². The zero-order valence-corrected chi connectivity index (χ0v) is 14.4. The summed E-state index contributed by atoms with van der Waals surface area (Å²) in [6.45, 7) is 3.83. The van der Waals surface area contributed by atoms with Crippen LogP contribution in [0.3, 0.4) is 0 Å². The summed E-state index contributed by atoms with van der Waals surface area (Å²) in [5.74, 6) is 1.50. The van der Waals surface area contributed by atoms with Gasteiger partial charge >= 0.3 is 0 Å². The molecule has 0 atom stereocenters. The number of imidazole rings is 1. The Morgan fingerprint density at radius 3 is 2.65 bits per heavy atom. The van der Waals surface area contributed by atoms with E-state index in [4.69, 9.17) is 5.73 Å². The standard InChI is InChI=1S/C19H17FN6/c1-11-4-3-5-14(8-11)23-18-10-17(21)24-19(25-18)26-12(2)22-15-7-6-13(20)9-16(15)26/h3-10H,1-2H3,(H3,21,23,24,25). The molecule has 0 spiro atoms. The monoisotopic (exact) mass is 348 g/mol. The number of halogens is 1. The fourth-order valence-corrected chi connectivity index (χ4v) is 2.91. The molecule has 26 heavy (non-hydrogen) atoms. The van der Waals surface area contributed by atoms with Crippen molar-refractivity contribution >= 4 is 28.4 Å². The van der Waals surface area contributed by atoms with E-state index in [0.717, 1.165) is 11.3 Å². The molecule has 0 bridgehead atoms. The molecule has 0 aliphatic rings. The summed E-state index contributed by atoms with van der Waals surface area (Å²) in [4.78, 5) is 13.3. The fourth-order valence-electron chi connectivity index (χ4n) is 2.91. The Labute approximate surface area is 149 Å². The lowest BCUT2D eigenvalue weighted by Gasteiger charge is -2.11. The highest BCUT2D eigenvalue weighted by Crippen LogP contribution is 2.23. The molecule has 130 valence electrons. The lowest BCUT2D eigenvalue weighted by molar-refractivity contribution is 0.629. The van der Waals surface area contributed by atoms with Gasteiger partial charge in [-0.05, 0) is 43.7 Å². The van der Waals surface area contributed by atoms with Crippen LogP contribution in [0.4, 0.5) is 21.7 Å². The van der Waals surface area contributed by atoms with Gasteiger partial charge < -0.3 is 11.1 Å². The van der Waals surface area contributed by atoms with Crippen molar-refractivity contribution in [3.63, 3.8) is 0 Å². The number of benzene rings is 2. The molecule has 0 unspecified atom stereocenters. The van der Waals surface area contributed by atoms with Gasteiger partial charge in [0.05, 0.1) is 11.0 Å². The number of aryl methyl sites for hydroxylation is 2. The highest BCUT2D eigenvalue weighted by Gasteiger charge is 2.14. The molecule has 7 heteroatoms. The number of nitrogens with one attached hydrogen (secondary N) is 1. The summed E-state index contributed by atoms with van der Waals surface area (Å²) in [5, 5.41) is 3.23. The van der Waals surface area contributed by atoms with E-state index in [0.29, 0.717) is 34.4 Å².